The molecule has 35 heavy (non-hydrogen) atoms. The third kappa shape index (κ3) is 7.47. The van der Waals surface area contributed by atoms with Crippen molar-refractivity contribution in [3.8, 4) is 6.07 Å². The molecule has 1 amide bonds. The summed E-state index contributed by atoms with van der Waals surface area (Å²) in [5, 5.41) is 19.6. The molecule has 0 aromatic heterocycles. The van der Waals surface area contributed by atoms with Crippen molar-refractivity contribution in [2.45, 2.75) is 64.9 Å². The Morgan fingerprint density at radius 1 is 1.29 bits per heavy atom. The van der Waals surface area contributed by atoms with Crippen molar-refractivity contribution in [2.75, 3.05) is 19.7 Å². The average Bonchev–Trinajstić information content (AvgIpc) is 3.53. The number of hydrogen-bond acceptors (Lipinski definition) is 8. The summed E-state index contributed by atoms with van der Waals surface area (Å²) in [6.45, 7) is 8.92. The van der Waals surface area contributed by atoms with Crippen molar-refractivity contribution < 1.29 is 33.2 Å². The molecule has 1 aromatic rings. The molecule has 11 heteroatoms. The molecule has 190 valence electrons. The highest BCUT2D eigenvalue weighted by Crippen LogP contribution is 2.53. The quantitative estimate of drug-likeness (QED) is 0.196. The summed E-state index contributed by atoms with van der Waals surface area (Å²) in [5.41, 5.74) is -1.55. The number of ether oxygens (including phenoxy) is 2. The van der Waals surface area contributed by atoms with Crippen molar-refractivity contribution in [3.05, 3.63) is 39.2 Å². The monoisotopic (exact) mass is 491 g/mol. The molecule has 1 saturated heterocycles. The van der Waals surface area contributed by atoms with Crippen molar-refractivity contribution >= 4 is 24.0 Å². The normalized spacial score (nSPS) is 16.7. The van der Waals surface area contributed by atoms with Gasteiger partial charge in [-0.2, -0.15) is 5.26 Å². The third-order valence-electron chi connectivity index (χ3n) is 5.85. The molecular formula is C24H30FN3O7. The van der Waals surface area contributed by atoms with Gasteiger partial charge < -0.3 is 19.2 Å². The van der Waals surface area contributed by atoms with E-state index in [1.165, 1.54) is 32.6 Å². The molecule has 10 nitrogen and oxygen atoms in total. The average molecular weight is 492 g/mol. The molecule has 1 saturated carbocycles. The Bertz CT molecular complexity index is 1020. The molecule has 1 spiro atoms. The molecule has 1 aromatic carbocycles. The van der Waals surface area contributed by atoms with Gasteiger partial charge in [-0.25, -0.2) is 9.18 Å². The zero-order valence-corrected chi connectivity index (χ0v) is 20.3. The van der Waals surface area contributed by atoms with Gasteiger partial charge in [0.25, 0.3) is 5.69 Å². The topological polar surface area (TPSA) is 140 Å². The highest BCUT2D eigenvalue weighted by molar-refractivity contribution is 5.95. The third-order valence-corrected chi connectivity index (χ3v) is 5.85. The number of nitro groups is 1. The molecule has 0 radical (unpaired) electrons. The predicted octanol–water partition coefficient (Wildman–Crippen LogP) is 4.25. The molecule has 1 aliphatic carbocycles. The maximum Gasteiger partial charge on any atom is 0.410 e. The van der Waals surface area contributed by atoms with E-state index in [2.05, 4.69) is 4.74 Å². The van der Waals surface area contributed by atoms with Crippen LogP contribution in [0.15, 0.2) is 12.1 Å². The van der Waals surface area contributed by atoms with Crippen LogP contribution in [-0.2, 0) is 19.1 Å². The second-order valence-electron chi connectivity index (χ2n) is 9.59. The number of halogens is 1. The lowest BCUT2D eigenvalue weighted by molar-refractivity contribution is -0.385. The summed E-state index contributed by atoms with van der Waals surface area (Å²) in [6.07, 6.45) is 5.01. The number of esters is 1. The molecular weight excluding hydrogens is 461 g/mol. The van der Waals surface area contributed by atoms with Crippen LogP contribution in [0.5, 0.6) is 0 Å². The molecule has 2 aliphatic rings. The Balaban J connectivity index is 0.000000256. The first-order valence-corrected chi connectivity index (χ1v) is 11.3. The van der Waals surface area contributed by atoms with E-state index < -0.39 is 33.9 Å². The SMILES string of the molecule is CC(C)(C)OC(=O)N1CCC2(CC1)CC2.CCOC(=O)C(C=O)c1c(F)cc(C#N)cc1[N+](=O)[O-]. The Morgan fingerprint density at radius 3 is 2.31 bits per heavy atom. The van der Waals surface area contributed by atoms with Crippen molar-refractivity contribution in [2.24, 2.45) is 5.41 Å². The Labute approximate surface area is 203 Å². The van der Waals surface area contributed by atoms with Crippen LogP contribution in [0.25, 0.3) is 0 Å². The second kappa shape index (κ2) is 11.3. The number of nitro benzene ring substituents is 1. The van der Waals surface area contributed by atoms with E-state index in [0.717, 1.165) is 25.2 Å². The summed E-state index contributed by atoms with van der Waals surface area (Å²) in [4.78, 5) is 46.0. The van der Waals surface area contributed by atoms with E-state index in [0.29, 0.717) is 5.41 Å². The lowest BCUT2D eigenvalue weighted by Gasteiger charge is -2.33. The second-order valence-corrected chi connectivity index (χ2v) is 9.59. The van der Waals surface area contributed by atoms with Crippen LogP contribution in [0.4, 0.5) is 14.9 Å². The number of nitrogens with zero attached hydrogens (tertiary/aromatic N) is 3. The lowest BCUT2D eigenvalue weighted by atomic mass is 9.94. The Kier molecular flexibility index (Phi) is 8.90. The van der Waals surface area contributed by atoms with Gasteiger partial charge in [-0.1, -0.05) is 0 Å². The summed E-state index contributed by atoms with van der Waals surface area (Å²) in [7, 11) is 0. The fourth-order valence-corrected chi connectivity index (χ4v) is 3.77. The number of amides is 1. The van der Waals surface area contributed by atoms with E-state index in [-0.39, 0.29) is 30.2 Å². The van der Waals surface area contributed by atoms with E-state index in [9.17, 15) is 28.9 Å². The van der Waals surface area contributed by atoms with Gasteiger partial charge in [-0.15, -0.1) is 0 Å². The zero-order chi connectivity index (χ0) is 26.4. The van der Waals surface area contributed by atoms with Crippen LogP contribution in [0.1, 0.15) is 70.4 Å². The van der Waals surface area contributed by atoms with Crippen LogP contribution in [0, 0.1) is 32.7 Å². The van der Waals surface area contributed by atoms with E-state index in [4.69, 9.17) is 10.00 Å². The molecule has 2 fully saturated rings. The van der Waals surface area contributed by atoms with Gasteiger partial charge >= 0.3 is 12.1 Å². The van der Waals surface area contributed by atoms with E-state index >= 15 is 0 Å². The van der Waals surface area contributed by atoms with Crippen LogP contribution >= 0.6 is 0 Å². The highest BCUT2D eigenvalue weighted by atomic mass is 19.1. The Hall–Kier alpha value is -3.55. The summed E-state index contributed by atoms with van der Waals surface area (Å²) < 4.78 is 23.8. The minimum absolute atomic E-state index is 0.0606. The molecule has 1 atom stereocenters. The number of benzene rings is 1. The van der Waals surface area contributed by atoms with Gasteiger partial charge in [-0.3, -0.25) is 14.9 Å². The number of hydrogen-bond donors (Lipinski definition) is 0. The number of nitriles is 1. The molecule has 0 N–H and O–H groups in total. The molecule has 1 heterocycles. The Morgan fingerprint density at radius 2 is 1.89 bits per heavy atom. The fourth-order valence-electron chi connectivity index (χ4n) is 3.77. The van der Waals surface area contributed by atoms with E-state index in [1.54, 1.807) is 6.07 Å². The number of carbonyl (C=O) groups is 3. The summed E-state index contributed by atoms with van der Waals surface area (Å²) in [5.74, 6) is -4.02. The highest BCUT2D eigenvalue weighted by Gasteiger charge is 2.45. The minimum atomic E-state index is -1.75. The molecule has 1 unspecified atom stereocenters. The number of likely N-dealkylation sites (tertiary alicyclic amines) is 1. The van der Waals surface area contributed by atoms with Crippen LogP contribution in [0.2, 0.25) is 0 Å². The van der Waals surface area contributed by atoms with Gasteiger partial charge in [0.2, 0.25) is 0 Å². The molecule has 3 rings (SSSR count). The zero-order valence-electron chi connectivity index (χ0n) is 20.3. The first kappa shape index (κ1) is 27.7. The standard InChI is InChI=1S/C12H9FN2O5.C12H21NO2/c1-2-20-12(17)8(6-16)11-9(13)3-7(5-14)4-10(11)15(18)19;1-11(2,3)15-10(14)13-8-6-12(4-5-12)7-9-13/h3-4,6,8H,2H2,1H3;4-9H2,1-3H3. The minimum Gasteiger partial charge on any atom is -0.465 e. The van der Waals surface area contributed by atoms with Crippen LogP contribution < -0.4 is 0 Å². The van der Waals surface area contributed by atoms with Gasteiger partial charge in [0.05, 0.1) is 28.7 Å². The fraction of sp³-hybridized carbons (Fsp3) is 0.583. The number of carbonyl (C=O) groups excluding carboxylic acids is 3. The van der Waals surface area contributed by atoms with Gasteiger partial charge in [0, 0.05) is 19.2 Å². The molecule has 1 aliphatic heterocycles. The van der Waals surface area contributed by atoms with E-state index in [1.807, 2.05) is 25.7 Å². The van der Waals surface area contributed by atoms with Crippen LogP contribution in [0.3, 0.4) is 0 Å². The maximum absolute atomic E-state index is 13.9. The van der Waals surface area contributed by atoms with Crippen molar-refractivity contribution in [1.82, 2.24) is 4.90 Å². The van der Waals surface area contributed by atoms with Gasteiger partial charge in [0.1, 0.15) is 23.6 Å². The largest absolute Gasteiger partial charge is 0.465 e. The number of piperidine rings is 1. The van der Waals surface area contributed by atoms with Crippen LogP contribution in [-0.4, -0.2) is 53.5 Å². The van der Waals surface area contributed by atoms with Crippen molar-refractivity contribution in [3.63, 3.8) is 0 Å². The number of aldehydes is 1. The molecule has 0 bridgehead atoms. The number of rotatable bonds is 5. The van der Waals surface area contributed by atoms with Gasteiger partial charge in [-0.05, 0) is 64.9 Å². The first-order valence-electron chi connectivity index (χ1n) is 11.3. The predicted molar refractivity (Wildman–Crippen MR) is 122 cm³/mol. The van der Waals surface area contributed by atoms with Gasteiger partial charge in [0.15, 0.2) is 0 Å². The summed E-state index contributed by atoms with van der Waals surface area (Å²) in [6, 6.07) is 3.07. The van der Waals surface area contributed by atoms with Crippen molar-refractivity contribution in [1.29, 1.82) is 5.26 Å². The lowest BCUT2D eigenvalue weighted by Crippen LogP contribution is -2.42. The maximum atomic E-state index is 13.9. The smallest absolute Gasteiger partial charge is 0.410 e. The summed E-state index contributed by atoms with van der Waals surface area (Å²) >= 11 is 0. The first-order chi connectivity index (χ1) is 16.4.